The van der Waals surface area contributed by atoms with E-state index in [0.29, 0.717) is 18.1 Å². The molecule has 4 nitrogen and oxygen atoms in total. The number of rotatable bonds is 7. The van der Waals surface area contributed by atoms with Gasteiger partial charge in [-0.05, 0) is 30.5 Å². The molecule has 0 unspecified atom stereocenters. The SMILES string of the molecule is COCCCCC(=O)N[C@@H](C#N)c1ccc(Cl)cc1. The molecule has 0 aliphatic rings. The Morgan fingerprint density at radius 1 is 1.42 bits per heavy atom. The summed E-state index contributed by atoms with van der Waals surface area (Å²) in [5.41, 5.74) is 0.733. The summed E-state index contributed by atoms with van der Waals surface area (Å²) >= 11 is 5.78. The Bertz CT molecular complexity index is 440. The van der Waals surface area contributed by atoms with Gasteiger partial charge in [0.15, 0.2) is 0 Å². The van der Waals surface area contributed by atoms with Gasteiger partial charge in [-0.2, -0.15) is 5.26 Å². The van der Waals surface area contributed by atoms with Crippen LogP contribution in [0.3, 0.4) is 0 Å². The van der Waals surface area contributed by atoms with Crippen LogP contribution in [0.1, 0.15) is 30.9 Å². The van der Waals surface area contributed by atoms with E-state index in [4.69, 9.17) is 21.6 Å². The first-order chi connectivity index (χ1) is 9.17. The molecule has 0 saturated carbocycles. The minimum absolute atomic E-state index is 0.127. The molecule has 19 heavy (non-hydrogen) atoms. The van der Waals surface area contributed by atoms with Crippen LogP contribution in [-0.4, -0.2) is 19.6 Å². The Labute approximate surface area is 118 Å². The quantitative estimate of drug-likeness (QED) is 0.781. The Morgan fingerprint density at radius 3 is 2.68 bits per heavy atom. The molecule has 1 aromatic rings. The van der Waals surface area contributed by atoms with Crippen molar-refractivity contribution in [2.24, 2.45) is 0 Å². The summed E-state index contributed by atoms with van der Waals surface area (Å²) in [5.74, 6) is -0.127. The van der Waals surface area contributed by atoms with E-state index >= 15 is 0 Å². The molecule has 0 spiro atoms. The van der Waals surface area contributed by atoms with E-state index in [0.717, 1.165) is 18.4 Å². The van der Waals surface area contributed by atoms with Gasteiger partial charge in [-0.1, -0.05) is 23.7 Å². The number of carbonyl (C=O) groups is 1. The van der Waals surface area contributed by atoms with Gasteiger partial charge in [0.2, 0.25) is 5.91 Å². The summed E-state index contributed by atoms with van der Waals surface area (Å²) in [6.45, 7) is 0.645. The van der Waals surface area contributed by atoms with Gasteiger partial charge < -0.3 is 10.1 Å². The van der Waals surface area contributed by atoms with Crippen LogP contribution in [-0.2, 0) is 9.53 Å². The molecule has 0 radical (unpaired) electrons. The minimum Gasteiger partial charge on any atom is -0.385 e. The van der Waals surface area contributed by atoms with E-state index < -0.39 is 6.04 Å². The first-order valence-electron chi connectivity index (χ1n) is 6.10. The third-order valence-corrected chi connectivity index (χ3v) is 2.89. The van der Waals surface area contributed by atoms with Crippen LogP contribution in [0.4, 0.5) is 0 Å². The lowest BCUT2D eigenvalue weighted by Gasteiger charge is -2.12. The van der Waals surface area contributed by atoms with Crippen molar-refractivity contribution in [2.45, 2.75) is 25.3 Å². The summed E-state index contributed by atoms with van der Waals surface area (Å²) in [4.78, 5) is 11.7. The second-order valence-electron chi connectivity index (χ2n) is 4.13. The fourth-order valence-corrected chi connectivity index (χ4v) is 1.74. The number of nitriles is 1. The number of benzene rings is 1. The van der Waals surface area contributed by atoms with Crippen LogP contribution >= 0.6 is 11.6 Å². The number of ether oxygens (including phenoxy) is 1. The van der Waals surface area contributed by atoms with Crippen LogP contribution in [0.25, 0.3) is 0 Å². The highest BCUT2D eigenvalue weighted by Crippen LogP contribution is 2.16. The third kappa shape index (κ3) is 5.73. The summed E-state index contributed by atoms with van der Waals surface area (Å²) in [7, 11) is 1.63. The Morgan fingerprint density at radius 2 is 2.11 bits per heavy atom. The van der Waals surface area contributed by atoms with Crippen molar-refractivity contribution in [3.05, 3.63) is 34.9 Å². The lowest BCUT2D eigenvalue weighted by Crippen LogP contribution is -2.27. The van der Waals surface area contributed by atoms with Crippen LogP contribution in [0.5, 0.6) is 0 Å². The number of hydrogen-bond donors (Lipinski definition) is 1. The molecule has 1 rings (SSSR count). The first-order valence-corrected chi connectivity index (χ1v) is 6.48. The highest BCUT2D eigenvalue weighted by molar-refractivity contribution is 6.30. The van der Waals surface area contributed by atoms with Crippen molar-refractivity contribution in [1.29, 1.82) is 5.26 Å². The number of nitrogens with zero attached hydrogens (tertiary/aromatic N) is 1. The zero-order valence-corrected chi connectivity index (χ0v) is 11.6. The predicted octanol–water partition coefficient (Wildman–Crippen LogP) is 2.84. The molecule has 0 saturated heterocycles. The highest BCUT2D eigenvalue weighted by atomic mass is 35.5. The third-order valence-electron chi connectivity index (χ3n) is 2.64. The molecular formula is C14H17ClN2O2. The summed E-state index contributed by atoms with van der Waals surface area (Å²) in [6, 6.07) is 8.31. The maximum Gasteiger partial charge on any atom is 0.221 e. The molecule has 0 bridgehead atoms. The van der Waals surface area contributed by atoms with Gasteiger partial charge in [0.05, 0.1) is 6.07 Å². The predicted molar refractivity (Wildman–Crippen MR) is 73.7 cm³/mol. The van der Waals surface area contributed by atoms with Gasteiger partial charge >= 0.3 is 0 Å². The van der Waals surface area contributed by atoms with Gasteiger partial charge in [-0.3, -0.25) is 4.79 Å². The number of methoxy groups -OCH3 is 1. The summed E-state index contributed by atoms with van der Waals surface area (Å²) in [5, 5.41) is 12.4. The first kappa shape index (κ1) is 15.5. The van der Waals surface area contributed by atoms with Crippen LogP contribution in [0, 0.1) is 11.3 Å². The zero-order valence-electron chi connectivity index (χ0n) is 10.9. The molecule has 1 N–H and O–H groups in total. The van der Waals surface area contributed by atoms with Crippen molar-refractivity contribution in [1.82, 2.24) is 5.32 Å². The van der Waals surface area contributed by atoms with Gasteiger partial charge in [0, 0.05) is 25.2 Å². The second-order valence-corrected chi connectivity index (χ2v) is 4.57. The van der Waals surface area contributed by atoms with Crippen molar-refractivity contribution in [3.8, 4) is 6.07 Å². The molecule has 0 aliphatic carbocycles. The number of unbranched alkanes of at least 4 members (excludes halogenated alkanes) is 1. The number of nitrogens with one attached hydrogen (secondary N) is 1. The lowest BCUT2D eigenvalue weighted by molar-refractivity contribution is -0.121. The van der Waals surface area contributed by atoms with Crippen LogP contribution in [0.15, 0.2) is 24.3 Å². The Kier molecular flexibility index (Phi) is 6.94. The molecule has 0 fully saturated rings. The smallest absolute Gasteiger partial charge is 0.221 e. The monoisotopic (exact) mass is 280 g/mol. The van der Waals surface area contributed by atoms with Crippen LogP contribution in [0.2, 0.25) is 5.02 Å². The molecule has 5 heteroatoms. The zero-order chi connectivity index (χ0) is 14.1. The lowest BCUT2D eigenvalue weighted by atomic mass is 10.1. The van der Waals surface area contributed by atoms with E-state index in [9.17, 15) is 4.79 Å². The number of halogens is 1. The van der Waals surface area contributed by atoms with E-state index in [1.54, 1.807) is 31.4 Å². The van der Waals surface area contributed by atoms with Crippen molar-refractivity contribution >= 4 is 17.5 Å². The van der Waals surface area contributed by atoms with Crippen molar-refractivity contribution < 1.29 is 9.53 Å². The van der Waals surface area contributed by atoms with E-state index in [1.807, 2.05) is 0 Å². The normalized spacial score (nSPS) is 11.6. The van der Waals surface area contributed by atoms with Crippen molar-refractivity contribution in [3.63, 3.8) is 0 Å². The largest absolute Gasteiger partial charge is 0.385 e. The standard InChI is InChI=1S/C14H17ClN2O2/c1-19-9-3-2-4-14(18)17-13(10-16)11-5-7-12(15)8-6-11/h5-8,13H,2-4,9H2,1H3,(H,17,18)/t13-/m0/s1. The second kappa shape index (κ2) is 8.52. The molecule has 1 aromatic carbocycles. The minimum atomic E-state index is -0.632. The van der Waals surface area contributed by atoms with E-state index in [2.05, 4.69) is 11.4 Å². The molecule has 1 amide bonds. The Hall–Kier alpha value is -1.57. The fraction of sp³-hybridized carbons (Fsp3) is 0.429. The van der Waals surface area contributed by atoms with Gasteiger partial charge in [-0.15, -0.1) is 0 Å². The molecule has 102 valence electrons. The maximum absolute atomic E-state index is 11.7. The van der Waals surface area contributed by atoms with Gasteiger partial charge in [-0.25, -0.2) is 0 Å². The molecule has 0 aliphatic heterocycles. The number of amides is 1. The van der Waals surface area contributed by atoms with Gasteiger partial charge in [0.1, 0.15) is 6.04 Å². The van der Waals surface area contributed by atoms with Gasteiger partial charge in [0.25, 0.3) is 0 Å². The Balaban J connectivity index is 2.46. The highest BCUT2D eigenvalue weighted by Gasteiger charge is 2.13. The average Bonchev–Trinajstić information content (AvgIpc) is 2.42. The van der Waals surface area contributed by atoms with Crippen LogP contribution < -0.4 is 5.32 Å². The number of carbonyl (C=O) groups excluding carboxylic acids is 1. The fourth-order valence-electron chi connectivity index (χ4n) is 1.61. The van der Waals surface area contributed by atoms with E-state index in [1.165, 1.54) is 0 Å². The number of hydrogen-bond acceptors (Lipinski definition) is 3. The molecular weight excluding hydrogens is 264 g/mol. The van der Waals surface area contributed by atoms with Crippen molar-refractivity contribution in [2.75, 3.05) is 13.7 Å². The summed E-state index contributed by atoms with van der Waals surface area (Å²) in [6.07, 6.45) is 1.98. The maximum atomic E-state index is 11.7. The van der Waals surface area contributed by atoms with E-state index in [-0.39, 0.29) is 5.91 Å². The molecule has 1 atom stereocenters. The molecule has 0 heterocycles. The average molecular weight is 281 g/mol. The summed E-state index contributed by atoms with van der Waals surface area (Å²) < 4.78 is 4.91. The topological polar surface area (TPSA) is 62.1 Å². The molecule has 0 aromatic heterocycles.